The number of halogens is 1. The summed E-state index contributed by atoms with van der Waals surface area (Å²) in [6, 6.07) is 4.44. The van der Waals surface area contributed by atoms with E-state index in [0.717, 1.165) is 11.3 Å². The molecule has 1 aromatic carbocycles. The number of aromatic amines is 1. The topological polar surface area (TPSA) is 75.3 Å². The van der Waals surface area contributed by atoms with Gasteiger partial charge in [0, 0.05) is 30.9 Å². The van der Waals surface area contributed by atoms with Gasteiger partial charge in [0.2, 0.25) is 10.0 Å². The second kappa shape index (κ2) is 6.68. The summed E-state index contributed by atoms with van der Waals surface area (Å²) in [6.07, 6.45) is 1.62. The largest absolute Gasteiger partial charge is 0.492 e. The van der Waals surface area contributed by atoms with Crippen LogP contribution in [0.5, 0.6) is 5.75 Å². The number of aryl methyl sites for hydroxylation is 1. The number of hydrogen-bond donors (Lipinski definition) is 1. The fourth-order valence-corrected chi connectivity index (χ4v) is 3.29. The van der Waals surface area contributed by atoms with Crippen LogP contribution in [0.4, 0.5) is 0 Å². The lowest BCUT2D eigenvalue weighted by molar-refractivity contribution is 0.339. The maximum absolute atomic E-state index is 12.6. The third kappa shape index (κ3) is 3.43. The van der Waals surface area contributed by atoms with Gasteiger partial charge in [0.15, 0.2) is 0 Å². The van der Waals surface area contributed by atoms with Gasteiger partial charge >= 0.3 is 0 Å². The van der Waals surface area contributed by atoms with Crippen LogP contribution in [0.3, 0.4) is 0 Å². The van der Waals surface area contributed by atoms with Crippen molar-refractivity contribution in [3.8, 4) is 5.75 Å². The molecule has 0 aliphatic heterocycles. The van der Waals surface area contributed by atoms with Crippen LogP contribution >= 0.6 is 11.6 Å². The first-order valence-electron chi connectivity index (χ1n) is 6.73. The molecule has 0 radical (unpaired) electrons. The molecule has 0 saturated heterocycles. The summed E-state index contributed by atoms with van der Waals surface area (Å²) in [5.74, 6) is 0.359. The quantitative estimate of drug-likeness (QED) is 0.874. The first-order chi connectivity index (χ1) is 10.4. The van der Waals surface area contributed by atoms with Gasteiger partial charge in [-0.25, -0.2) is 8.42 Å². The van der Waals surface area contributed by atoms with E-state index in [-0.39, 0.29) is 11.4 Å². The van der Waals surface area contributed by atoms with Gasteiger partial charge in [-0.15, -0.1) is 0 Å². The Morgan fingerprint density at radius 2 is 2.14 bits per heavy atom. The molecule has 0 spiro atoms. The molecule has 0 saturated carbocycles. The number of benzene rings is 1. The number of nitrogens with one attached hydrogen (secondary N) is 1. The van der Waals surface area contributed by atoms with E-state index in [1.54, 1.807) is 6.20 Å². The molecule has 0 aliphatic rings. The lowest BCUT2D eigenvalue weighted by Gasteiger charge is -2.17. The Morgan fingerprint density at radius 1 is 1.41 bits per heavy atom. The van der Waals surface area contributed by atoms with Crippen molar-refractivity contribution in [1.82, 2.24) is 14.5 Å². The second-order valence-corrected chi connectivity index (χ2v) is 7.26. The molecule has 0 fully saturated rings. The minimum Gasteiger partial charge on any atom is -0.492 e. The number of sulfonamides is 1. The molecule has 8 heteroatoms. The zero-order chi connectivity index (χ0) is 16.3. The molecular formula is C14H18ClN3O3S. The summed E-state index contributed by atoms with van der Waals surface area (Å²) in [4.78, 5) is 0.143. The third-order valence-corrected chi connectivity index (χ3v) is 5.35. The van der Waals surface area contributed by atoms with E-state index in [9.17, 15) is 8.42 Å². The predicted octanol–water partition coefficient (Wildman–Crippen LogP) is 2.59. The fraction of sp³-hybridized carbons (Fsp3) is 0.357. The Kier molecular flexibility index (Phi) is 5.10. The molecule has 0 unspecified atom stereocenters. The third-order valence-electron chi connectivity index (χ3n) is 3.24. The average Bonchev–Trinajstić information content (AvgIpc) is 2.86. The van der Waals surface area contributed by atoms with Crippen LogP contribution in [0.25, 0.3) is 0 Å². The SMILES string of the molecule is CCOc1cc(S(=O)(=O)N(C)Cc2cn[nH]c2C)ccc1Cl. The number of nitrogens with zero attached hydrogens (tertiary/aromatic N) is 2. The number of aromatic nitrogens is 2. The molecule has 0 atom stereocenters. The smallest absolute Gasteiger partial charge is 0.243 e. The first-order valence-corrected chi connectivity index (χ1v) is 8.55. The Balaban J connectivity index is 2.29. The zero-order valence-electron chi connectivity index (χ0n) is 12.6. The molecule has 6 nitrogen and oxygen atoms in total. The molecule has 2 rings (SSSR count). The number of hydrogen-bond acceptors (Lipinski definition) is 4. The van der Waals surface area contributed by atoms with Crippen LogP contribution in [0.15, 0.2) is 29.3 Å². The molecule has 1 N–H and O–H groups in total. The van der Waals surface area contributed by atoms with Gasteiger partial charge in [-0.3, -0.25) is 5.10 Å². The number of rotatable bonds is 6. The van der Waals surface area contributed by atoms with E-state index in [1.807, 2.05) is 13.8 Å². The molecule has 0 bridgehead atoms. The van der Waals surface area contributed by atoms with Crippen LogP contribution in [0.2, 0.25) is 5.02 Å². The summed E-state index contributed by atoms with van der Waals surface area (Å²) in [5, 5.41) is 7.07. The fourth-order valence-electron chi connectivity index (χ4n) is 1.95. The highest BCUT2D eigenvalue weighted by Crippen LogP contribution is 2.29. The number of H-pyrrole nitrogens is 1. The van der Waals surface area contributed by atoms with Crippen molar-refractivity contribution >= 4 is 21.6 Å². The van der Waals surface area contributed by atoms with Crippen molar-refractivity contribution in [3.63, 3.8) is 0 Å². The van der Waals surface area contributed by atoms with Crippen LogP contribution < -0.4 is 4.74 Å². The minimum atomic E-state index is -3.64. The zero-order valence-corrected chi connectivity index (χ0v) is 14.2. The van der Waals surface area contributed by atoms with E-state index >= 15 is 0 Å². The highest BCUT2D eigenvalue weighted by atomic mass is 35.5. The maximum atomic E-state index is 12.6. The van der Waals surface area contributed by atoms with Gasteiger partial charge in [0.05, 0.1) is 22.7 Å². The highest BCUT2D eigenvalue weighted by Gasteiger charge is 2.23. The van der Waals surface area contributed by atoms with E-state index < -0.39 is 10.0 Å². The molecule has 0 aliphatic carbocycles. The van der Waals surface area contributed by atoms with E-state index in [4.69, 9.17) is 16.3 Å². The van der Waals surface area contributed by atoms with E-state index in [2.05, 4.69) is 10.2 Å². The van der Waals surface area contributed by atoms with Crippen LogP contribution in [0.1, 0.15) is 18.2 Å². The van der Waals surface area contributed by atoms with Gasteiger partial charge < -0.3 is 4.74 Å². The predicted molar refractivity (Wildman–Crippen MR) is 84.6 cm³/mol. The molecule has 2 aromatic rings. The lowest BCUT2D eigenvalue weighted by atomic mass is 10.3. The summed E-state index contributed by atoms with van der Waals surface area (Å²) < 4.78 is 31.9. The van der Waals surface area contributed by atoms with E-state index in [1.165, 1.54) is 29.6 Å². The molecule has 0 amide bonds. The summed E-state index contributed by atoms with van der Waals surface area (Å²) >= 11 is 5.99. The first kappa shape index (κ1) is 16.8. The Labute approximate surface area is 135 Å². The van der Waals surface area contributed by atoms with Crippen molar-refractivity contribution < 1.29 is 13.2 Å². The maximum Gasteiger partial charge on any atom is 0.243 e. The number of ether oxygens (including phenoxy) is 1. The molecular weight excluding hydrogens is 326 g/mol. The van der Waals surface area contributed by atoms with Gasteiger partial charge in [0.25, 0.3) is 0 Å². The van der Waals surface area contributed by atoms with Crippen molar-refractivity contribution in [2.75, 3.05) is 13.7 Å². The van der Waals surface area contributed by atoms with Crippen LogP contribution in [-0.2, 0) is 16.6 Å². The van der Waals surface area contributed by atoms with Crippen LogP contribution in [-0.4, -0.2) is 36.6 Å². The Bertz CT molecular complexity index is 758. The van der Waals surface area contributed by atoms with Crippen molar-refractivity contribution in [1.29, 1.82) is 0 Å². The van der Waals surface area contributed by atoms with E-state index in [0.29, 0.717) is 17.4 Å². The highest BCUT2D eigenvalue weighted by molar-refractivity contribution is 7.89. The summed E-state index contributed by atoms with van der Waals surface area (Å²) in [6.45, 7) is 4.30. The van der Waals surface area contributed by atoms with Crippen molar-refractivity contribution in [2.24, 2.45) is 0 Å². The molecule has 22 heavy (non-hydrogen) atoms. The normalized spacial score (nSPS) is 11.9. The van der Waals surface area contributed by atoms with Crippen molar-refractivity contribution in [3.05, 3.63) is 40.7 Å². The van der Waals surface area contributed by atoms with Gasteiger partial charge in [-0.1, -0.05) is 11.6 Å². The minimum absolute atomic E-state index is 0.143. The summed E-state index contributed by atoms with van der Waals surface area (Å²) in [5.41, 5.74) is 1.67. The second-order valence-electron chi connectivity index (χ2n) is 4.81. The van der Waals surface area contributed by atoms with Crippen molar-refractivity contribution in [2.45, 2.75) is 25.3 Å². The Morgan fingerprint density at radius 3 is 2.73 bits per heavy atom. The monoisotopic (exact) mass is 343 g/mol. The van der Waals surface area contributed by atoms with Gasteiger partial charge in [0.1, 0.15) is 5.75 Å². The Hall–Kier alpha value is -1.57. The molecule has 120 valence electrons. The summed E-state index contributed by atoms with van der Waals surface area (Å²) in [7, 11) is -2.11. The molecule has 1 aromatic heterocycles. The van der Waals surface area contributed by atoms with Gasteiger partial charge in [-0.05, 0) is 26.0 Å². The lowest BCUT2D eigenvalue weighted by Crippen LogP contribution is -2.26. The average molecular weight is 344 g/mol. The standard InChI is InChI=1S/C14H18ClN3O3S/c1-4-21-14-7-12(5-6-13(14)15)22(19,20)18(3)9-11-8-16-17-10(11)2/h5-8H,4,9H2,1-3H3,(H,16,17). The van der Waals surface area contributed by atoms with Crippen LogP contribution in [0, 0.1) is 6.92 Å². The van der Waals surface area contributed by atoms with Gasteiger partial charge in [-0.2, -0.15) is 9.40 Å². The molecule has 1 heterocycles.